The van der Waals surface area contributed by atoms with E-state index in [4.69, 9.17) is 16.4 Å². The molecular weight excluding hydrogens is 176 g/mol. The Morgan fingerprint density at radius 3 is 2.30 bits per heavy atom. The second-order valence-electron chi connectivity index (χ2n) is 1.39. The number of rotatable bonds is 2. The number of allylic oxidation sites excluding steroid dienone is 1. The first-order valence-electron chi connectivity index (χ1n) is 2.31. The van der Waals surface area contributed by atoms with Crippen LogP contribution in [-0.4, -0.2) is 21.7 Å². The molecule has 0 atom stereocenters. The number of nitrogens with zero attached hydrogens (tertiary/aromatic N) is 1. The first kappa shape index (κ1) is 9.45. The fourth-order valence-electron chi connectivity index (χ4n) is 0.314. The highest BCUT2D eigenvalue weighted by Crippen LogP contribution is 2.07. The van der Waals surface area contributed by atoms with Gasteiger partial charge < -0.3 is 5.73 Å². The van der Waals surface area contributed by atoms with Gasteiger partial charge in [0.25, 0.3) is 9.05 Å². The van der Waals surface area contributed by atoms with Gasteiger partial charge in [0.15, 0.2) is 0 Å². The van der Waals surface area contributed by atoms with Gasteiger partial charge in [-0.05, 0) is 0 Å². The van der Waals surface area contributed by atoms with E-state index in [0.717, 1.165) is 12.4 Å². The maximum Gasteiger partial charge on any atom is 0.264 e. The standard InChI is InChI=1S/C4H7ClN2O2S/c1-7-3-4(2-6)10(5,8)9/h2-3H,6H2,1H3. The van der Waals surface area contributed by atoms with Crippen LogP contribution in [0, 0.1) is 0 Å². The molecule has 4 nitrogen and oxygen atoms in total. The molecule has 0 aliphatic carbocycles. The Bertz CT molecular complexity index is 254. The molecule has 0 fully saturated rings. The van der Waals surface area contributed by atoms with Crippen LogP contribution < -0.4 is 5.73 Å². The topological polar surface area (TPSA) is 72.5 Å². The number of hydrogen-bond donors (Lipinski definition) is 1. The summed E-state index contributed by atoms with van der Waals surface area (Å²) in [6.45, 7) is 0. The van der Waals surface area contributed by atoms with E-state index < -0.39 is 9.05 Å². The molecule has 6 heteroatoms. The number of halogens is 1. The van der Waals surface area contributed by atoms with E-state index in [-0.39, 0.29) is 4.91 Å². The van der Waals surface area contributed by atoms with E-state index in [9.17, 15) is 8.42 Å². The van der Waals surface area contributed by atoms with Gasteiger partial charge in [0.1, 0.15) is 4.91 Å². The quantitative estimate of drug-likeness (QED) is 0.485. The van der Waals surface area contributed by atoms with Crippen LogP contribution in [0.2, 0.25) is 0 Å². The van der Waals surface area contributed by atoms with Gasteiger partial charge >= 0.3 is 0 Å². The van der Waals surface area contributed by atoms with Crippen LogP contribution >= 0.6 is 10.7 Å². The molecule has 2 N–H and O–H groups in total. The summed E-state index contributed by atoms with van der Waals surface area (Å²) in [5.74, 6) is 0. The van der Waals surface area contributed by atoms with Gasteiger partial charge in [-0.25, -0.2) is 8.42 Å². The predicted molar refractivity (Wildman–Crippen MR) is 41.5 cm³/mol. The van der Waals surface area contributed by atoms with Gasteiger partial charge in [-0.3, -0.25) is 4.99 Å². The largest absolute Gasteiger partial charge is 0.403 e. The third-order valence-corrected chi connectivity index (χ3v) is 2.04. The zero-order valence-electron chi connectivity index (χ0n) is 5.28. The lowest BCUT2D eigenvalue weighted by Crippen LogP contribution is -1.99. The molecule has 0 saturated heterocycles. The third kappa shape index (κ3) is 2.84. The molecule has 0 aliphatic rings. The van der Waals surface area contributed by atoms with Crippen molar-refractivity contribution in [3.05, 3.63) is 11.1 Å². The maximum absolute atomic E-state index is 10.5. The average Bonchev–Trinajstić information content (AvgIpc) is 1.80. The Hall–Kier alpha value is -0.550. The first-order chi connectivity index (χ1) is 4.52. The second kappa shape index (κ2) is 3.58. The van der Waals surface area contributed by atoms with Crippen LogP contribution in [-0.2, 0) is 9.05 Å². The molecule has 0 saturated carbocycles. The molecule has 0 heterocycles. The summed E-state index contributed by atoms with van der Waals surface area (Å²) in [4.78, 5) is 3.24. The molecule has 0 bridgehead atoms. The molecule has 0 aliphatic heterocycles. The molecule has 0 radical (unpaired) electrons. The Kier molecular flexibility index (Phi) is 3.38. The molecule has 0 spiro atoms. The van der Waals surface area contributed by atoms with Gasteiger partial charge in [-0.1, -0.05) is 0 Å². The van der Waals surface area contributed by atoms with Crippen molar-refractivity contribution in [1.29, 1.82) is 0 Å². The Morgan fingerprint density at radius 1 is 1.70 bits per heavy atom. The molecule has 10 heavy (non-hydrogen) atoms. The van der Waals surface area contributed by atoms with E-state index in [0.29, 0.717) is 0 Å². The molecular formula is C4H7ClN2O2S. The van der Waals surface area contributed by atoms with E-state index >= 15 is 0 Å². The van der Waals surface area contributed by atoms with E-state index in [1.54, 1.807) is 0 Å². The normalized spacial score (nSPS) is 14.4. The minimum absolute atomic E-state index is 0.198. The van der Waals surface area contributed by atoms with Crippen molar-refractivity contribution >= 4 is 25.9 Å². The fraction of sp³-hybridized carbons (Fsp3) is 0.250. The van der Waals surface area contributed by atoms with Crippen LogP contribution in [0.4, 0.5) is 0 Å². The highest BCUT2D eigenvalue weighted by molar-refractivity contribution is 8.17. The molecule has 0 aromatic heterocycles. The van der Waals surface area contributed by atoms with Gasteiger partial charge in [0, 0.05) is 30.1 Å². The van der Waals surface area contributed by atoms with Gasteiger partial charge in [-0.2, -0.15) is 0 Å². The third-order valence-electron chi connectivity index (χ3n) is 0.702. The lowest BCUT2D eigenvalue weighted by molar-refractivity contribution is 0.616. The summed E-state index contributed by atoms with van der Waals surface area (Å²) in [5.41, 5.74) is 4.93. The smallest absolute Gasteiger partial charge is 0.264 e. The van der Waals surface area contributed by atoms with Crippen molar-refractivity contribution in [3.8, 4) is 0 Å². The summed E-state index contributed by atoms with van der Waals surface area (Å²) < 4.78 is 21.0. The molecule has 0 aromatic carbocycles. The van der Waals surface area contributed by atoms with Crippen molar-refractivity contribution in [3.63, 3.8) is 0 Å². The Balaban J connectivity index is 4.75. The van der Waals surface area contributed by atoms with Crippen LogP contribution in [0.5, 0.6) is 0 Å². The number of aliphatic imine (C=N–C) groups is 1. The minimum Gasteiger partial charge on any atom is -0.403 e. The highest BCUT2D eigenvalue weighted by Gasteiger charge is 2.09. The van der Waals surface area contributed by atoms with E-state index in [1.165, 1.54) is 7.05 Å². The Labute approximate surface area is 63.8 Å². The van der Waals surface area contributed by atoms with Gasteiger partial charge in [-0.15, -0.1) is 0 Å². The van der Waals surface area contributed by atoms with E-state index in [1.807, 2.05) is 0 Å². The molecule has 0 unspecified atom stereocenters. The van der Waals surface area contributed by atoms with Gasteiger partial charge in [0.05, 0.1) is 0 Å². The molecule has 0 aromatic rings. The average molecular weight is 183 g/mol. The molecule has 0 amide bonds. The van der Waals surface area contributed by atoms with Crippen molar-refractivity contribution in [2.75, 3.05) is 7.05 Å². The summed E-state index contributed by atoms with van der Waals surface area (Å²) in [6.07, 6.45) is 1.96. The first-order valence-corrected chi connectivity index (χ1v) is 4.62. The van der Waals surface area contributed by atoms with Crippen molar-refractivity contribution < 1.29 is 8.42 Å². The van der Waals surface area contributed by atoms with Crippen molar-refractivity contribution in [2.24, 2.45) is 10.7 Å². The lowest BCUT2D eigenvalue weighted by atomic mass is 10.6. The highest BCUT2D eigenvalue weighted by atomic mass is 35.7. The monoisotopic (exact) mass is 182 g/mol. The van der Waals surface area contributed by atoms with Crippen LogP contribution in [0.1, 0.15) is 0 Å². The minimum atomic E-state index is -3.72. The van der Waals surface area contributed by atoms with E-state index in [2.05, 4.69) is 4.99 Å². The maximum atomic E-state index is 10.5. The summed E-state index contributed by atoms with van der Waals surface area (Å²) in [5, 5.41) is 0. The number of nitrogens with two attached hydrogens (primary N) is 1. The summed E-state index contributed by atoms with van der Waals surface area (Å²) in [6, 6.07) is 0. The van der Waals surface area contributed by atoms with Crippen LogP contribution in [0.25, 0.3) is 0 Å². The van der Waals surface area contributed by atoms with Crippen molar-refractivity contribution in [1.82, 2.24) is 0 Å². The SMILES string of the molecule is CN=CC(=CN)S(=O)(=O)Cl. The van der Waals surface area contributed by atoms with Crippen LogP contribution in [0.15, 0.2) is 16.1 Å². The molecule has 0 rings (SSSR count). The fourth-order valence-corrected chi connectivity index (χ4v) is 0.982. The lowest BCUT2D eigenvalue weighted by Gasteiger charge is -1.90. The number of hydrogen-bond acceptors (Lipinski definition) is 4. The Morgan fingerprint density at radius 2 is 2.20 bits per heavy atom. The zero-order chi connectivity index (χ0) is 8.20. The second-order valence-corrected chi connectivity index (χ2v) is 3.96. The summed E-state index contributed by atoms with van der Waals surface area (Å²) >= 11 is 0. The zero-order valence-corrected chi connectivity index (χ0v) is 6.85. The molecule has 58 valence electrons. The van der Waals surface area contributed by atoms with Gasteiger partial charge in [0.2, 0.25) is 0 Å². The summed E-state index contributed by atoms with van der Waals surface area (Å²) in [7, 11) is 2.61. The van der Waals surface area contributed by atoms with Crippen LogP contribution in [0.3, 0.4) is 0 Å². The van der Waals surface area contributed by atoms with Crippen molar-refractivity contribution in [2.45, 2.75) is 0 Å². The predicted octanol–water partition coefficient (Wildman–Crippen LogP) is 0.0557.